The SMILES string of the molecule is CCC1(O)C2CC3CC1CC(OCC(=O)OC1C4OC(=O)C5CC6CC54C61)(C3)C2. The molecule has 6 nitrogen and oxygen atoms in total. The Labute approximate surface area is 170 Å². The molecule has 8 aliphatic carbocycles. The zero-order valence-electron chi connectivity index (χ0n) is 17.0. The summed E-state index contributed by atoms with van der Waals surface area (Å²) in [7, 11) is 0. The summed E-state index contributed by atoms with van der Waals surface area (Å²) in [6, 6.07) is 0. The van der Waals surface area contributed by atoms with Crippen molar-refractivity contribution < 1.29 is 28.9 Å². The third-order valence-corrected chi connectivity index (χ3v) is 10.5. The molecule has 9 fully saturated rings. The number of rotatable bonds is 5. The van der Waals surface area contributed by atoms with Crippen molar-refractivity contribution >= 4 is 11.9 Å². The number of carbonyl (C=O) groups is 2. The smallest absolute Gasteiger partial charge is 0.332 e. The van der Waals surface area contributed by atoms with E-state index in [0.717, 1.165) is 51.4 Å². The third kappa shape index (κ3) is 1.88. The maximum Gasteiger partial charge on any atom is 0.332 e. The van der Waals surface area contributed by atoms with Gasteiger partial charge in [-0.05, 0) is 75.0 Å². The van der Waals surface area contributed by atoms with Crippen LogP contribution in [0.2, 0.25) is 0 Å². The van der Waals surface area contributed by atoms with E-state index in [9.17, 15) is 14.7 Å². The summed E-state index contributed by atoms with van der Waals surface area (Å²) in [4.78, 5) is 24.8. The number of ether oxygens (including phenoxy) is 3. The van der Waals surface area contributed by atoms with Crippen LogP contribution in [0.4, 0.5) is 0 Å². The molecule has 0 amide bonds. The highest BCUT2D eigenvalue weighted by atomic mass is 16.6. The minimum absolute atomic E-state index is 0.00190. The van der Waals surface area contributed by atoms with E-state index in [2.05, 4.69) is 6.92 Å². The van der Waals surface area contributed by atoms with Gasteiger partial charge in [0.05, 0.1) is 17.1 Å². The quantitative estimate of drug-likeness (QED) is 0.710. The van der Waals surface area contributed by atoms with Crippen molar-refractivity contribution in [1.29, 1.82) is 0 Å². The van der Waals surface area contributed by atoms with Crippen molar-refractivity contribution in [2.24, 2.45) is 40.9 Å². The molecule has 1 spiro atoms. The molecule has 1 saturated heterocycles. The van der Waals surface area contributed by atoms with Gasteiger partial charge in [-0.2, -0.15) is 0 Å². The van der Waals surface area contributed by atoms with Gasteiger partial charge in [0.1, 0.15) is 18.8 Å². The number of hydrogen-bond acceptors (Lipinski definition) is 6. The van der Waals surface area contributed by atoms with Crippen molar-refractivity contribution in [3.8, 4) is 0 Å². The highest BCUT2D eigenvalue weighted by Crippen LogP contribution is 2.79. The van der Waals surface area contributed by atoms with E-state index in [-0.39, 0.29) is 47.7 Å². The lowest BCUT2D eigenvalue weighted by Crippen LogP contribution is -2.70. The van der Waals surface area contributed by atoms with E-state index in [1.165, 1.54) is 0 Å². The van der Waals surface area contributed by atoms with Crippen molar-refractivity contribution in [3.05, 3.63) is 0 Å². The van der Waals surface area contributed by atoms with Gasteiger partial charge in [-0.15, -0.1) is 0 Å². The van der Waals surface area contributed by atoms with Crippen LogP contribution in [-0.2, 0) is 23.8 Å². The molecule has 1 N–H and O–H groups in total. The minimum Gasteiger partial charge on any atom is -0.458 e. The lowest BCUT2D eigenvalue weighted by Gasteiger charge is -2.63. The predicted molar refractivity (Wildman–Crippen MR) is 99.4 cm³/mol. The molecule has 29 heavy (non-hydrogen) atoms. The van der Waals surface area contributed by atoms with Crippen LogP contribution in [0, 0.1) is 40.9 Å². The molecule has 1 heterocycles. The average molecular weight is 402 g/mol. The van der Waals surface area contributed by atoms with Crippen LogP contribution in [0.5, 0.6) is 0 Å². The number of hydrogen-bond donors (Lipinski definition) is 1. The highest BCUT2D eigenvalue weighted by Gasteiger charge is 2.85. The average Bonchev–Trinajstić information content (AvgIpc) is 3.29. The second-order valence-electron chi connectivity index (χ2n) is 11.4. The Balaban J connectivity index is 1.01. The van der Waals surface area contributed by atoms with E-state index in [0.29, 0.717) is 29.6 Å². The molecule has 0 radical (unpaired) electrons. The fourth-order valence-electron chi connectivity index (χ4n) is 9.57. The van der Waals surface area contributed by atoms with Crippen LogP contribution in [0.3, 0.4) is 0 Å². The van der Waals surface area contributed by atoms with Gasteiger partial charge in [0.2, 0.25) is 0 Å². The van der Waals surface area contributed by atoms with Crippen LogP contribution in [0.15, 0.2) is 0 Å². The van der Waals surface area contributed by atoms with Crippen molar-refractivity contribution in [2.45, 2.75) is 81.7 Å². The summed E-state index contributed by atoms with van der Waals surface area (Å²) in [5, 5.41) is 11.2. The Bertz CT molecular complexity index is 791. The minimum atomic E-state index is -0.545. The summed E-state index contributed by atoms with van der Waals surface area (Å²) >= 11 is 0. The largest absolute Gasteiger partial charge is 0.458 e. The second kappa shape index (κ2) is 5.18. The summed E-state index contributed by atoms with van der Waals surface area (Å²) in [6.45, 7) is 2.06. The zero-order valence-corrected chi connectivity index (χ0v) is 17.0. The van der Waals surface area contributed by atoms with Gasteiger partial charge in [0, 0.05) is 11.3 Å². The molecule has 0 aromatic heterocycles. The van der Waals surface area contributed by atoms with Gasteiger partial charge in [-0.3, -0.25) is 4.79 Å². The molecule has 6 bridgehead atoms. The van der Waals surface area contributed by atoms with Gasteiger partial charge in [-0.25, -0.2) is 4.79 Å². The van der Waals surface area contributed by atoms with E-state index in [1.807, 2.05) is 0 Å². The van der Waals surface area contributed by atoms with E-state index in [4.69, 9.17) is 14.2 Å². The van der Waals surface area contributed by atoms with Crippen LogP contribution in [-0.4, -0.2) is 47.1 Å². The summed E-state index contributed by atoms with van der Waals surface area (Å²) < 4.78 is 17.7. The molecular formula is C23H30O6. The Morgan fingerprint density at radius 2 is 1.93 bits per heavy atom. The van der Waals surface area contributed by atoms with Gasteiger partial charge >= 0.3 is 11.9 Å². The normalized spacial score (nSPS) is 59.7. The monoisotopic (exact) mass is 402 g/mol. The van der Waals surface area contributed by atoms with Crippen molar-refractivity contribution in [2.75, 3.05) is 6.61 Å². The lowest BCUT2D eigenvalue weighted by atomic mass is 9.44. The molecular weight excluding hydrogens is 372 g/mol. The molecule has 158 valence electrons. The number of carbonyl (C=O) groups excluding carboxylic acids is 2. The van der Waals surface area contributed by atoms with E-state index < -0.39 is 5.60 Å². The first kappa shape index (κ1) is 17.5. The fraction of sp³-hybridized carbons (Fsp3) is 0.913. The molecule has 0 aromatic carbocycles. The first-order valence-electron chi connectivity index (χ1n) is 11.6. The maximum absolute atomic E-state index is 12.7. The van der Waals surface area contributed by atoms with Crippen LogP contribution in [0.25, 0.3) is 0 Å². The Morgan fingerprint density at radius 3 is 2.66 bits per heavy atom. The van der Waals surface area contributed by atoms with Crippen LogP contribution < -0.4 is 0 Å². The molecule has 6 heteroatoms. The molecule has 8 unspecified atom stereocenters. The van der Waals surface area contributed by atoms with E-state index in [1.54, 1.807) is 0 Å². The number of esters is 2. The molecule has 8 atom stereocenters. The first-order valence-corrected chi connectivity index (χ1v) is 11.6. The third-order valence-electron chi connectivity index (χ3n) is 10.5. The van der Waals surface area contributed by atoms with Crippen molar-refractivity contribution in [1.82, 2.24) is 0 Å². The topological polar surface area (TPSA) is 82.1 Å². The maximum atomic E-state index is 12.7. The van der Waals surface area contributed by atoms with Gasteiger partial charge in [0.25, 0.3) is 0 Å². The molecule has 0 aromatic rings. The van der Waals surface area contributed by atoms with E-state index >= 15 is 0 Å². The molecule has 8 saturated carbocycles. The lowest BCUT2D eigenvalue weighted by molar-refractivity contribution is -0.269. The van der Waals surface area contributed by atoms with Gasteiger partial charge in [-0.1, -0.05) is 6.92 Å². The standard InChI is InChI=1S/C23H30O6/c1-2-23(26)13-3-11-4-14(23)9-21(6-11,8-13)27-10-16(24)28-18-17-12-5-15-20(25)29-19(18)22(15,17)7-12/h11-15,17-19,26H,2-10H2,1H3. The number of aliphatic hydroxyl groups is 1. The van der Waals surface area contributed by atoms with Crippen LogP contribution in [0.1, 0.15) is 58.3 Å². The molecule has 9 rings (SSSR count). The van der Waals surface area contributed by atoms with Crippen molar-refractivity contribution in [3.63, 3.8) is 0 Å². The molecule has 9 aliphatic rings. The second-order valence-corrected chi connectivity index (χ2v) is 11.4. The fourth-order valence-corrected chi connectivity index (χ4v) is 9.57. The Hall–Kier alpha value is -1.14. The summed E-state index contributed by atoms with van der Waals surface area (Å²) in [5.74, 6) is 1.71. The molecule has 1 aliphatic heterocycles. The Morgan fingerprint density at radius 1 is 1.17 bits per heavy atom. The Kier molecular flexibility index (Phi) is 3.13. The summed E-state index contributed by atoms with van der Waals surface area (Å²) in [6.07, 6.45) is 7.22. The first-order chi connectivity index (χ1) is 13.9. The van der Waals surface area contributed by atoms with Crippen LogP contribution >= 0.6 is 0 Å². The van der Waals surface area contributed by atoms with Gasteiger partial charge in [0.15, 0.2) is 0 Å². The predicted octanol–water partition coefficient (Wildman–Crippen LogP) is 2.22. The highest BCUT2D eigenvalue weighted by molar-refractivity contribution is 5.80. The zero-order chi connectivity index (χ0) is 19.8. The van der Waals surface area contributed by atoms with Gasteiger partial charge < -0.3 is 19.3 Å². The summed E-state index contributed by atoms with van der Waals surface area (Å²) in [5.41, 5.74) is -0.812.